The highest BCUT2D eigenvalue weighted by atomic mass is 32.2. The van der Waals surface area contributed by atoms with Gasteiger partial charge in [0.15, 0.2) is 0 Å². The molecule has 0 aliphatic carbocycles. The lowest BCUT2D eigenvalue weighted by atomic mass is 10.2. The van der Waals surface area contributed by atoms with Crippen molar-refractivity contribution in [1.82, 2.24) is 4.90 Å². The minimum Gasteiger partial charge on any atom is -0.495 e. The molecular weight excluding hydrogens is 378 g/mol. The Labute approximate surface area is 166 Å². The van der Waals surface area contributed by atoms with Crippen LogP contribution in [0.3, 0.4) is 0 Å². The van der Waals surface area contributed by atoms with Gasteiger partial charge in [-0.25, -0.2) is 8.42 Å². The predicted octanol–water partition coefficient (Wildman–Crippen LogP) is 2.39. The van der Waals surface area contributed by atoms with Crippen molar-refractivity contribution < 1.29 is 17.9 Å². The second-order valence-corrected chi connectivity index (χ2v) is 8.55. The first-order valence-electron chi connectivity index (χ1n) is 9.15. The summed E-state index contributed by atoms with van der Waals surface area (Å²) < 4.78 is 39.1. The number of piperazine rings is 1. The van der Waals surface area contributed by atoms with E-state index in [1.807, 2.05) is 6.07 Å². The molecule has 0 atom stereocenters. The van der Waals surface area contributed by atoms with Crippen LogP contribution in [0.4, 0.5) is 11.4 Å². The highest BCUT2D eigenvalue weighted by Crippen LogP contribution is 2.32. The van der Waals surface area contributed by atoms with E-state index in [9.17, 15) is 8.42 Å². The molecule has 3 rings (SSSR count). The van der Waals surface area contributed by atoms with E-state index in [1.54, 1.807) is 50.6 Å². The molecule has 1 heterocycles. The van der Waals surface area contributed by atoms with Crippen LogP contribution >= 0.6 is 0 Å². The van der Waals surface area contributed by atoms with Crippen LogP contribution in [0.25, 0.3) is 0 Å². The second-order valence-electron chi connectivity index (χ2n) is 6.86. The minimum absolute atomic E-state index is 0.208. The maximum absolute atomic E-state index is 12.9. The number of hydrogen-bond acceptors (Lipinski definition) is 6. The summed E-state index contributed by atoms with van der Waals surface area (Å²) in [4.78, 5) is 4.62. The quantitative estimate of drug-likeness (QED) is 0.763. The summed E-state index contributed by atoms with van der Waals surface area (Å²) in [5, 5.41) is 0. The maximum atomic E-state index is 12.9. The average molecular weight is 406 g/mol. The van der Waals surface area contributed by atoms with Gasteiger partial charge in [-0.2, -0.15) is 0 Å². The number of methoxy groups -OCH3 is 2. The Hall–Kier alpha value is -2.29. The van der Waals surface area contributed by atoms with E-state index in [-0.39, 0.29) is 4.90 Å². The number of benzene rings is 2. The average Bonchev–Trinajstić information content (AvgIpc) is 2.68. The van der Waals surface area contributed by atoms with Crippen LogP contribution < -0.4 is 14.4 Å². The standard InChI is InChI=1S/C20H27N3O4S/c1-22-9-11-23(12-10-22)19-14-18(7-8-20(19)27-3)28(24,25)21-17-6-4-5-16(13-17)15-26-2/h4-8,13-14,21H,9-12,15H2,1-3H3. The SMILES string of the molecule is COCc1cccc(NS(=O)(=O)c2ccc(OC)c(N3CCN(C)CC3)c2)c1. The van der Waals surface area contributed by atoms with Gasteiger partial charge in [-0.05, 0) is 42.9 Å². The molecule has 2 aromatic rings. The summed E-state index contributed by atoms with van der Waals surface area (Å²) in [6, 6.07) is 12.2. The van der Waals surface area contributed by atoms with E-state index in [2.05, 4.69) is 21.6 Å². The van der Waals surface area contributed by atoms with Gasteiger partial charge in [0.1, 0.15) is 5.75 Å². The second kappa shape index (κ2) is 8.81. The number of nitrogens with one attached hydrogen (secondary N) is 1. The van der Waals surface area contributed by atoms with Crippen LogP contribution in [-0.4, -0.2) is 60.8 Å². The fourth-order valence-electron chi connectivity index (χ4n) is 3.24. The lowest BCUT2D eigenvalue weighted by Gasteiger charge is -2.34. The van der Waals surface area contributed by atoms with E-state index in [4.69, 9.17) is 9.47 Å². The lowest BCUT2D eigenvalue weighted by Crippen LogP contribution is -2.44. The summed E-state index contributed by atoms with van der Waals surface area (Å²) in [6.07, 6.45) is 0. The Morgan fingerprint density at radius 1 is 1.04 bits per heavy atom. The summed E-state index contributed by atoms with van der Waals surface area (Å²) in [5.41, 5.74) is 2.20. The van der Waals surface area contributed by atoms with Crippen molar-refractivity contribution in [2.45, 2.75) is 11.5 Å². The van der Waals surface area contributed by atoms with Gasteiger partial charge in [0.25, 0.3) is 10.0 Å². The van der Waals surface area contributed by atoms with Crippen molar-refractivity contribution in [2.24, 2.45) is 0 Å². The van der Waals surface area contributed by atoms with Gasteiger partial charge in [0.05, 0.1) is 24.3 Å². The van der Waals surface area contributed by atoms with E-state index >= 15 is 0 Å². The van der Waals surface area contributed by atoms with E-state index in [0.717, 1.165) is 37.4 Å². The first kappa shape index (κ1) is 20.4. The first-order valence-corrected chi connectivity index (χ1v) is 10.6. The molecule has 28 heavy (non-hydrogen) atoms. The van der Waals surface area contributed by atoms with Crippen molar-refractivity contribution in [3.63, 3.8) is 0 Å². The third-order valence-corrected chi connectivity index (χ3v) is 6.17. The highest BCUT2D eigenvalue weighted by molar-refractivity contribution is 7.92. The Morgan fingerprint density at radius 2 is 1.79 bits per heavy atom. The summed E-state index contributed by atoms with van der Waals surface area (Å²) in [6.45, 7) is 3.91. The van der Waals surface area contributed by atoms with Crippen molar-refractivity contribution in [2.75, 3.05) is 57.1 Å². The molecule has 0 spiro atoms. The Morgan fingerprint density at radius 3 is 2.46 bits per heavy atom. The largest absolute Gasteiger partial charge is 0.495 e. The third-order valence-electron chi connectivity index (χ3n) is 4.79. The van der Waals surface area contributed by atoms with Crippen LogP contribution in [0.2, 0.25) is 0 Å². The smallest absolute Gasteiger partial charge is 0.261 e. The Balaban J connectivity index is 1.87. The molecule has 0 saturated carbocycles. The van der Waals surface area contributed by atoms with Crippen LogP contribution in [0.5, 0.6) is 5.75 Å². The topological polar surface area (TPSA) is 71.1 Å². The Kier molecular flexibility index (Phi) is 6.43. The summed E-state index contributed by atoms with van der Waals surface area (Å²) in [7, 11) is 1.56. The number of hydrogen-bond donors (Lipinski definition) is 1. The van der Waals surface area contributed by atoms with Gasteiger partial charge in [-0.1, -0.05) is 12.1 Å². The van der Waals surface area contributed by atoms with Gasteiger partial charge in [-0.3, -0.25) is 4.72 Å². The molecule has 152 valence electrons. The van der Waals surface area contributed by atoms with E-state index in [1.165, 1.54) is 0 Å². The van der Waals surface area contributed by atoms with Gasteiger partial charge in [0.2, 0.25) is 0 Å². The van der Waals surface area contributed by atoms with Crippen LogP contribution in [-0.2, 0) is 21.4 Å². The molecular formula is C20H27N3O4S. The predicted molar refractivity (Wildman–Crippen MR) is 111 cm³/mol. The zero-order chi connectivity index (χ0) is 20.1. The molecule has 1 saturated heterocycles. The summed E-state index contributed by atoms with van der Waals surface area (Å²) >= 11 is 0. The van der Waals surface area contributed by atoms with Gasteiger partial charge in [-0.15, -0.1) is 0 Å². The van der Waals surface area contributed by atoms with Crippen LogP contribution in [0.1, 0.15) is 5.56 Å². The number of likely N-dealkylation sites (N-methyl/N-ethyl adjacent to an activating group) is 1. The summed E-state index contributed by atoms with van der Waals surface area (Å²) in [5.74, 6) is 0.672. The molecule has 0 amide bonds. The van der Waals surface area contributed by atoms with Crippen molar-refractivity contribution in [3.05, 3.63) is 48.0 Å². The van der Waals surface area contributed by atoms with Crippen molar-refractivity contribution in [3.8, 4) is 5.75 Å². The highest BCUT2D eigenvalue weighted by Gasteiger charge is 2.22. The lowest BCUT2D eigenvalue weighted by molar-refractivity contribution is 0.185. The third kappa shape index (κ3) is 4.76. The van der Waals surface area contributed by atoms with Gasteiger partial charge >= 0.3 is 0 Å². The molecule has 0 unspecified atom stereocenters. The fraction of sp³-hybridized carbons (Fsp3) is 0.400. The molecule has 2 aromatic carbocycles. The molecule has 8 heteroatoms. The molecule has 1 N–H and O–H groups in total. The zero-order valence-corrected chi connectivity index (χ0v) is 17.3. The van der Waals surface area contributed by atoms with Gasteiger partial charge < -0.3 is 19.3 Å². The number of rotatable bonds is 7. The number of ether oxygens (including phenoxy) is 2. The fourth-order valence-corrected chi connectivity index (χ4v) is 4.31. The monoisotopic (exact) mass is 405 g/mol. The van der Waals surface area contributed by atoms with Gasteiger partial charge in [0, 0.05) is 39.0 Å². The number of nitrogens with zero attached hydrogens (tertiary/aromatic N) is 2. The molecule has 1 aliphatic heterocycles. The molecule has 0 radical (unpaired) electrons. The van der Waals surface area contributed by atoms with Crippen LogP contribution in [0, 0.1) is 0 Å². The van der Waals surface area contributed by atoms with Crippen molar-refractivity contribution >= 4 is 21.4 Å². The zero-order valence-electron chi connectivity index (χ0n) is 16.5. The maximum Gasteiger partial charge on any atom is 0.261 e. The normalized spacial score (nSPS) is 15.5. The molecule has 7 nitrogen and oxygen atoms in total. The molecule has 0 bridgehead atoms. The van der Waals surface area contributed by atoms with Crippen LogP contribution in [0.15, 0.2) is 47.4 Å². The Bertz CT molecular complexity index is 909. The number of anilines is 2. The molecule has 1 fully saturated rings. The molecule has 1 aliphatic rings. The molecule has 0 aromatic heterocycles. The van der Waals surface area contributed by atoms with E-state index < -0.39 is 10.0 Å². The minimum atomic E-state index is -3.73. The van der Waals surface area contributed by atoms with E-state index in [0.29, 0.717) is 18.0 Å². The number of sulfonamides is 1. The first-order chi connectivity index (χ1) is 13.4. The van der Waals surface area contributed by atoms with Crippen molar-refractivity contribution in [1.29, 1.82) is 0 Å².